The van der Waals surface area contributed by atoms with Crippen molar-refractivity contribution in [3.05, 3.63) is 145 Å². The first-order valence-electron chi connectivity index (χ1n) is 15.5. The van der Waals surface area contributed by atoms with Crippen molar-refractivity contribution < 1.29 is 9.31 Å². The Labute approximate surface area is 265 Å². The summed E-state index contributed by atoms with van der Waals surface area (Å²) in [7, 11) is -0.638. The second kappa shape index (κ2) is 11.4. The highest BCUT2D eigenvalue weighted by molar-refractivity contribution is 6.51. The van der Waals surface area contributed by atoms with E-state index in [-0.39, 0.29) is 0 Å². The Morgan fingerprint density at radius 2 is 1.02 bits per heavy atom. The van der Waals surface area contributed by atoms with E-state index >= 15 is 0 Å². The van der Waals surface area contributed by atoms with Gasteiger partial charge in [0, 0.05) is 11.1 Å². The van der Waals surface area contributed by atoms with Crippen molar-refractivity contribution in [1.82, 2.24) is 15.0 Å². The lowest BCUT2D eigenvalue weighted by atomic mass is 9.52. The maximum atomic E-state index is 6.85. The maximum Gasteiger partial charge on any atom is 0.476 e. The number of aromatic nitrogens is 3. The van der Waals surface area contributed by atoms with E-state index in [0.717, 1.165) is 22.3 Å². The van der Waals surface area contributed by atoms with Gasteiger partial charge in [-0.15, -0.1) is 0 Å². The van der Waals surface area contributed by atoms with Gasteiger partial charge in [-0.3, -0.25) is 0 Å². The molecule has 6 heteroatoms. The van der Waals surface area contributed by atoms with Crippen LogP contribution in [0.2, 0.25) is 0 Å². The molecule has 0 saturated carbocycles. The van der Waals surface area contributed by atoms with Gasteiger partial charge >= 0.3 is 7.12 Å². The van der Waals surface area contributed by atoms with Crippen molar-refractivity contribution in [2.45, 2.75) is 50.6 Å². The fourth-order valence-electron chi connectivity index (χ4n) is 6.08. The molecule has 1 aromatic heterocycles. The molecule has 0 spiro atoms. The molecule has 4 aromatic carbocycles. The standard InChI is InChI=1S/C39H36BN3O2/c1-37(2)38(3,4)45-40(44-37)39(26-16-23-31(27-39)33-25-15-14-24-32(33)28-17-8-5-9-18-28)36-42-34(29-19-10-6-11-20-29)41-35(43-36)30-21-12-7-13-22-30/h5-26H,27H2,1-4H3. The van der Waals surface area contributed by atoms with E-state index in [0.29, 0.717) is 23.9 Å². The number of hydrogen-bond donors (Lipinski definition) is 0. The minimum atomic E-state index is -0.838. The van der Waals surface area contributed by atoms with Gasteiger partial charge < -0.3 is 9.31 Å². The third-order valence-electron chi connectivity index (χ3n) is 9.32. The summed E-state index contributed by atoms with van der Waals surface area (Å²) in [4.78, 5) is 15.4. The lowest BCUT2D eigenvalue weighted by Crippen LogP contribution is -2.47. The van der Waals surface area contributed by atoms with Crippen LogP contribution in [0, 0.1) is 0 Å². The summed E-state index contributed by atoms with van der Waals surface area (Å²) in [5, 5.41) is -0.838. The van der Waals surface area contributed by atoms with Crippen molar-refractivity contribution in [2.24, 2.45) is 0 Å². The van der Waals surface area contributed by atoms with Crippen molar-refractivity contribution in [3.8, 4) is 33.9 Å². The van der Waals surface area contributed by atoms with Crippen LogP contribution in [0.5, 0.6) is 0 Å². The highest BCUT2D eigenvalue weighted by Crippen LogP contribution is 2.49. The number of benzene rings is 4. The van der Waals surface area contributed by atoms with Crippen LogP contribution in [0.1, 0.15) is 45.5 Å². The van der Waals surface area contributed by atoms with Crippen molar-refractivity contribution in [2.75, 3.05) is 0 Å². The molecular formula is C39H36BN3O2. The Kier molecular flexibility index (Phi) is 7.35. The summed E-state index contributed by atoms with van der Waals surface area (Å²) >= 11 is 0. The van der Waals surface area contributed by atoms with E-state index in [1.54, 1.807) is 0 Å². The molecule has 0 N–H and O–H groups in total. The van der Waals surface area contributed by atoms with E-state index in [1.165, 1.54) is 11.1 Å². The Hall–Kier alpha value is -4.65. The summed E-state index contributed by atoms with van der Waals surface area (Å²) in [6.07, 6.45) is 7.06. The Balaban J connectivity index is 1.43. The Bertz CT molecular complexity index is 1810. The zero-order valence-electron chi connectivity index (χ0n) is 26.1. The molecule has 5 nitrogen and oxygen atoms in total. The molecule has 0 radical (unpaired) electrons. The Morgan fingerprint density at radius 1 is 0.556 bits per heavy atom. The van der Waals surface area contributed by atoms with E-state index in [1.807, 2.05) is 66.7 Å². The lowest BCUT2D eigenvalue weighted by Gasteiger charge is -2.35. The van der Waals surface area contributed by atoms with Gasteiger partial charge in [-0.25, -0.2) is 15.0 Å². The molecule has 1 aliphatic carbocycles. The van der Waals surface area contributed by atoms with E-state index < -0.39 is 23.6 Å². The average molecular weight is 590 g/mol. The SMILES string of the molecule is CC1(C)OB(C2(c3nc(-c4ccccc4)nc(-c4ccccc4)n3)C=CC=C(c3ccccc3-c3ccccc3)C2)OC1(C)C. The van der Waals surface area contributed by atoms with Gasteiger partial charge in [-0.1, -0.05) is 133 Å². The molecule has 222 valence electrons. The molecule has 1 fully saturated rings. The molecule has 2 aliphatic rings. The van der Waals surface area contributed by atoms with Gasteiger partial charge in [-0.05, 0) is 56.4 Å². The minimum Gasteiger partial charge on any atom is -0.402 e. The van der Waals surface area contributed by atoms with Crippen LogP contribution in [0.3, 0.4) is 0 Å². The van der Waals surface area contributed by atoms with Gasteiger partial charge in [0.15, 0.2) is 11.6 Å². The van der Waals surface area contributed by atoms with Gasteiger partial charge in [-0.2, -0.15) is 0 Å². The van der Waals surface area contributed by atoms with Gasteiger partial charge in [0.1, 0.15) is 5.82 Å². The number of hydrogen-bond acceptors (Lipinski definition) is 5. The molecule has 7 rings (SSSR count). The third-order valence-corrected chi connectivity index (χ3v) is 9.32. The van der Waals surface area contributed by atoms with Crippen molar-refractivity contribution in [1.29, 1.82) is 0 Å². The van der Waals surface area contributed by atoms with Crippen LogP contribution in [0.4, 0.5) is 0 Å². The first kappa shape index (κ1) is 29.1. The normalized spacial score (nSPS) is 20.2. The smallest absolute Gasteiger partial charge is 0.402 e. The minimum absolute atomic E-state index is 0.542. The summed E-state index contributed by atoms with van der Waals surface area (Å²) in [5.41, 5.74) is 5.43. The molecule has 5 aromatic rings. The highest BCUT2D eigenvalue weighted by atomic mass is 16.7. The highest BCUT2D eigenvalue weighted by Gasteiger charge is 2.61. The zero-order chi connectivity index (χ0) is 31.1. The topological polar surface area (TPSA) is 57.1 Å². The van der Waals surface area contributed by atoms with Crippen molar-refractivity contribution in [3.63, 3.8) is 0 Å². The van der Waals surface area contributed by atoms with Crippen molar-refractivity contribution >= 4 is 12.7 Å². The maximum absolute atomic E-state index is 6.85. The van der Waals surface area contributed by atoms with Crippen LogP contribution in [0.25, 0.3) is 39.5 Å². The monoisotopic (exact) mass is 589 g/mol. The van der Waals surface area contributed by atoms with Crippen LogP contribution >= 0.6 is 0 Å². The third kappa shape index (κ3) is 5.35. The van der Waals surface area contributed by atoms with Crippen LogP contribution in [-0.2, 0) is 14.6 Å². The van der Waals surface area contributed by atoms with Gasteiger partial charge in [0.2, 0.25) is 0 Å². The quantitative estimate of drug-likeness (QED) is 0.185. The molecule has 0 bridgehead atoms. The molecule has 2 heterocycles. The summed E-state index contributed by atoms with van der Waals surface area (Å²) in [6, 6.07) is 39.3. The number of rotatable bonds is 6. The molecule has 1 saturated heterocycles. The summed E-state index contributed by atoms with van der Waals surface area (Å²) in [6.45, 7) is 8.36. The van der Waals surface area contributed by atoms with Crippen LogP contribution in [0.15, 0.2) is 133 Å². The largest absolute Gasteiger partial charge is 0.476 e. The van der Waals surface area contributed by atoms with Crippen LogP contribution in [-0.4, -0.2) is 33.3 Å². The predicted molar refractivity (Wildman–Crippen MR) is 182 cm³/mol. The number of allylic oxidation sites excluding steroid dienone is 4. The second-order valence-corrected chi connectivity index (χ2v) is 12.8. The number of nitrogens with zero attached hydrogens (tertiary/aromatic N) is 3. The fraction of sp³-hybridized carbons (Fsp3) is 0.205. The first-order valence-corrected chi connectivity index (χ1v) is 15.5. The molecule has 0 amide bonds. The predicted octanol–water partition coefficient (Wildman–Crippen LogP) is 8.79. The Morgan fingerprint density at radius 3 is 1.56 bits per heavy atom. The van der Waals surface area contributed by atoms with Gasteiger partial charge in [0.05, 0.1) is 16.5 Å². The van der Waals surface area contributed by atoms with Gasteiger partial charge in [0.25, 0.3) is 0 Å². The second-order valence-electron chi connectivity index (χ2n) is 12.8. The zero-order valence-corrected chi connectivity index (χ0v) is 26.1. The average Bonchev–Trinajstić information content (AvgIpc) is 3.32. The summed E-state index contributed by atoms with van der Waals surface area (Å²) < 4.78 is 13.7. The first-order chi connectivity index (χ1) is 21.8. The van der Waals surface area contributed by atoms with E-state index in [9.17, 15) is 0 Å². The fourth-order valence-corrected chi connectivity index (χ4v) is 6.08. The molecular weight excluding hydrogens is 553 g/mol. The summed E-state index contributed by atoms with van der Waals surface area (Å²) in [5.74, 6) is 1.85. The van der Waals surface area contributed by atoms with E-state index in [2.05, 4.69) is 94.5 Å². The molecule has 1 atom stereocenters. The molecule has 1 unspecified atom stereocenters. The van der Waals surface area contributed by atoms with Crippen LogP contribution < -0.4 is 0 Å². The van der Waals surface area contributed by atoms with E-state index in [4.69, 9.17) is 24.3 Å². The molecule has 45 heavy (non-hydrogen) atoms. The molecule has 1 aliphatic heterocycles. The lowest BCUT2D eigenvalue weighted by molar-refractivity contribution is 0.00578.